The van der Waals surface area contributed by atoms with Gasteiger partial charge in [0.1, 0.15) is 32.0 Å². The summed E-state index contributed by atoms with van der Waals surface area (Å²) in [5.41, 5.74) is 0. The molecule has 21 heteroatoms. The number of aliphatic hydroxyl groups is 1. The molecular weight excluding hydrogens is 880 g/mol. The number of rotatable bonds is 38. The summed E-state index contributed by atoms with van der Waals surface area (Å²) in [6, 6.07) is -0.857. The summed E-state index contributed by atoms with van der Waals surface area (Å²) in [6.07, 6.45) is 20.5. The molecule has 7 atom stereocenters. The molecule has 374 valence electrons. The molecule has 19 nitrogen and oxygen atoms in total. The topological polar surface area (TPSA) is 249 Å². The lowest BCUT2D eigenvalue weighted by atomic mass is 9.94. The highest BCUT2D eigenvalue weighted by molar-refractivity contribution is 7.83. The van der Waals surface area contributed by atoms with Crippen LogP contribution in [0, 0.1) is 0 Å². The summed E-state index contributed by atoms with van der Waals surface area (Å²) in [6.45, 7) is 2.22. The summed E-state index contributed by atoms with van der Waals surface area (Å²) in [5, 5.41) is 9.16. The van der Waals surface area contributed by atoms with Gasteiger partial charge in [0.05, 0.1) is 53.1 Å². The highest BCUT2D eigenvalue weighted by Gasteiger charge is 2.54. The van der Waals surface area contributed by atoms with E-state index in [1.807, 2.05) is 25.9 Å². The number of ether oxygens (including phenoxy) is 6. The summed E-state index contributed by atoms with van der Waals surface area (Å²) >= 11 is 0. The smallest absolute Gasteiger partial charge is 0.462 e. The van der Waals surface area contributed by atoms with E-state index in [0.29, 0.717) is 36.9 Å². The number of fused-ring (bicyclic) bond motifs is 2. The monoisotopic (exact) mass is 959 g/mol. The maximum absolute atomic E-state index is 12.5. The van der Waals surface area contributed by atoms with Crippen molar-refractivity contribution in [1.29, 1.82) is 0 Å². The largest absolute Gasteiger partial charge is 0.472 e. The van der Waals surface area contributed by atoms with Crippen LogP contribution in [0.2, 0.25) is 0 Å². The lowest BCUT2D eigenvalue weighted by Crippen LogP contribution is -2.43. The number of phosphoric ester groups is 1. The second kappa shape index (κ2) is 31.1. The van der Waals surface area contributed by atoms with Gasteiger partial charge in [0.25, 0.3) is 0 Å². The molecule has 2 rings (SSSR count). The van der Waals surface area contributed by atoms with E-state index in [-0.39, 0.29) is 44.1 Å². The zero-order chi connectivity index (χ0) is 47.5. The quantitative estimate of drug-likeness (QED) is 0.0108. The molecule has 2 bridgehead atoms. The van der Waals surface area contributed by atoms with E-state index in [2.05, 4.69) is 0 Å². The lowest BCUT2D eigenvalue weighted by molar-refractivity contribution is -0.870. The van der Waals surface area contributed by atoms with Gasteiger partial charge in [-0.3, -0.25) is 23.2 Å². The van der Waals surface area contributed by atoms with E-state index in [4.69, 9.17) is 47.1 Å². The maximum Gasteiger partial charge on any atom is 0.472 e. The lowest BCUT2D eigenvalue weighted by Gasteiger charge is -2.35. The van der Waals surface area contributed by atoms with Gasteiger partial charge < -0.3 is 42.9 Å². The molecular formula is C43H80N2O17PS+. The second-order valence-corrected chi connectivity index (χ2v) is 20.5. The molecule has 2 heterocycles. The first-order valence-electron chi connectivity index (χ1n) is 23.1. The van der Waals surface area contributed by atoms with Crippen molar-refractivity contribution in [3.63, 3.8) is 0 Å². The van der Waals surface area contributed by atoms with E-state index in [9.17, 15) is 32.3 Å². The zero-order valence-corrected chi connectivity index (χ0v) is 40.7. The van der Waals surface area contributed by atoms with Gasteiger partial charge in [0.2, 0.25) is 0 Å². The molecule has 0 aromatic heterocycles. The van der Waals surface area contributed by atoms with Crippen LogP contribution in [-0.2, 0) is 66.7 Å². The Labute approximate surface area is 381 Å². The molecule has 0 aliphatic carbocycles. The van der Waals surface area contributed by atoms with Crippen molar-refractivity contribution in [3.05, 3.63) is 12.2 Å². The van der Waals surface area contributed by atoms with Gasteiger partial charge in [-0.15, -0.1) is 0 Å². The molecule has 2 saturated heterocycles. The number of hydrogen-bond donors (Lipinski definition) is 4. The third-order valence-electron chi connectivity index (χ3n) is 10.8. The highest BCUT2D eigenvalue weighted by Crippen LogP contribution is 2.46. The van der Waals surface area contributed by atoms with Crippen molar-refractivity contribution in [2.45, 2.75) is 179 Å². The first-order chi connectivity index (χ1) is 30.2. The number of esters is 3. The minimum absolute atomic E-state index is 0.00699. The van der Waals surface area contributed by atoms with Crippen molar-refractivity contribution >= 4 is 36.0 Å². The van der Waals surface area contributed by atoms with Crippen LogP contribution in [-0.4, -0.2) is 149 Å². The Morgan fingerprint density at radius 3 is 2.06 bits per heavy atom. The second-order valence-electron chi connectivity index (χ2n) is 17.9. The summed E-state index contributed by atoms with van der Waals surface area (Å²) in [5.74, 6) is -2.29. The van der Waals surface area contributed by atoms with Gasteiger partial charge in [-0.1, -0.05) is 83.1 Å². The van der Waals surface area contributed by atoms with Crippen molar-refractivity contribution in [3.8, 4) is 0 Å². The van der Waals surface area contributed by atoms with Crippen LogP contribution in [0.4, 0.5) is 0 Å². The van der Waals surface area contributed by atoms with Gasteiger partial charge in [-0.05, 0) is 38.5 Å². The van der Waals surface area contributed by atoms with Gasteiger partial charge in [-0.25, -0.2) is 9.36 Å². The van der Waals surface area contributed by atoms with Crippen LogP contribution in [0.5, 0.6) is 0 Å². The first kappa shape index (κ1) is 58.1. The molecule has 0 spiro atoms. The molecule has 2 aliphatic rings. The van der Waals surface area contributed by atoms with Crippen LogP contribution >= 0.6 is 7.82 Å². The Kier molecular flexibility index (Phi) is 28.2. The Bertz CT molecular complexity index is 1530. The summed E-state index contributed by atoms with van der Waals surface area (Å²) in [4.78, 5) is 45.8. The van der Waals surface area contributed by atoms with Crippen molar-refractivity contribution in [1.82, 2.24) is 4.72 Å². The highest BCUT2D eigenvalue weighted by atomic mass is 32.2. The van der Waals surface area contributed by atoms with Gasteiger partial charge in [-0.2, -0.15) is 13.1 Å². The molecule has 0 aromatic rings. The van der Waals surface area contributed by atoms with E-state index in [1.165, 1.54) is 52.0 Å². The molecule has 2 aliphatic heterocycles. The Morgan fingerprint density at radius 1 is 0.844 bits per heavy atom. The standard InChI is InChI=1S/C43H79N2O17PS/c1-35(47)56-33-38(34-58-63(50,51)57-30-28-45(3,4)5)60-41(49)24-20-16-14-15-19-23-40-42-39(59-36(2)48)25-27-43(61-40,62-42)26-21-17-12-10-8-6-7-9-11-13-18-22-29-55-32-37(31-46)44-64(52,53)54/h20,24,37-40,42,44,46H,6-19,21-23,25-34H2,1-5H3,(H-,50,51,52,53,54)/p+1/b24-20+/t37?,38-,39-,40-,42-,43+/m1/s1. The molecule has 2 fully saturated rings. The molecule has 0 saturated carbocycles. The number of allylic oxidation sites excluding steroid dienone is 1. The summed E-state index contributed by atoms with van der Waals surface area (Å²) < 4.78 is 89.7. The molecule has 4 N–H and O–H groups in total. The average molecular weight is 960 g/mol. The van der Waals surface area contributed by atoms with E-state index in [0.717, 1.165) is 77.0 Å². The number of hydrogen-bond acceptors (Lipinski definition) is 15. The number of carbonyl (C=O) groups excluding carboxylic acids is 3. The fraction of sp³-hybridized carbons (Fsp3) is 0.884. The fourth-order valence-electron chi connectivity index (χ4n) is 7.52. The zero-order valence-electron chi connectivity index (χ0n) is 39.0. The number of phosphoric acid groups is 1. The Balaban J connectivity index is 1.63. The normalized spacial score (nSPS) is 22.0. The number of quaternary nitrogens is 1. The maximum atomic E-state index is 12.5. The Hall–Kier alpha value is -2.07. The number of nitrogens with zero attached hydrogens (tertiary/aromatic N) is 1. The number of aliphatic hydroxyl groups excluding tert-OH is 1. The van der Waals surface area contributed by atoms with Gasteiger partial charge >= 0.3 is 36.0 Å². The van der Waals surface area contributed by atoms with Crippen LogP contribution in [0.3, 0.4) is 0 Å². The number of nitrogens with one attached hydrogen (secondary N) is 1. The van der Waals surface area contributed by atoms with Crippen molar-refractivity contribution < 1.29 is 83.9 Å². The number of likely N-dealkylation sites (N-methyl/N-ethyl adjacent to an activating group) is 1. The van der Waals surface area contributed by atoms with Gasteiger partial charge in [0.15, 0.2) is 11.9 Å². The predicted molar refractivity (Wildman–Crippen MR) is 237 cm³/mol. The van der Waals surface area contributed by atoms with E-state index in [1.54, 1.807) is 6.08 Å². The molecule has 0 radical (unpaired) electrons. The predicted octanol–water partition coefficient (Wildman–Crippen LogP) is 5.85. The van der Waals surface area contributed by atoms with Crippen molar-refractivity contribution in [2.75, 3.05) is 67.3 Å². The molecule has 2 unspecified atom stereocenters. The molecule has 64 heavy (non-hydrogen) atoms. The van der Waals surface area contributed by atoms with Crippen LogP contribution in [0.1, 0.15) is 142 Å². The average Bonchev–Trinajstić information content (AvgIpc) is 3.49. The van der Waals surface area contributed by atoms with E-state index < -0.39 is 61.2 Å². The van der Waals surface area contributed by atoms with E-state index >= 15 is 0 Å². The minimum atomic E-state index is -4.43. The van der Waals surface area contributed by atoms with Crippen LogP contribution in [0.25, 0.3) is 0 Å². The third-order valence-corrected chi connectivity index (χ3v) is 12.5. The van der Waals surface area contributed by atoms with Crippen LogP contribution < -0.4 is 4.72 Å². The molecule has 0 amide bonds. The number of unbranched alkanes of at least 4 members (excludes halogenated alkanes) is 14. The van der Waals surface area contributed by atoms with Crippen LogP contribution in [0.15, 0.2) is 12.2 Å². The van der Waals surface area contributed by atoms with Gasteiger partial charge in [0, 0.05) is 39.4 Å². The van der Waals surface area contributed by atoms with Crippen molar-refractivity contribution in [2.24, 2.45) is 0 Å². The number of carbonyl (C=O) groups is 3. The Morgan fingerprint density at radius 2 is 1.47 bits per heavy atom. The third kappa shape index (κ3) is 28.2. The first-order valence-corrected chi connectivity index (χ1v) is 26.0. The molecule has 0 aromatic carbocycles. The minimum Gasteiger partial charge on any atom is -0.462 e. The summed E-state index contributed by atoms with van der Waals surface area (Å²) in [7, 11) is -3.08. The SMILES string of the molecule is CC(=O)OC[C@H](COP(=O)(O)OCC[N+](C)(C)C)OC(=O)/C=C/CCCCC[C@H]1O[C@]2(CCCCCCCCCCCCCCOCC(CO)NS(=O)(=O)O)CC[C@@H](OC(C)=O)[C@H]1O2. The fourth-order valence-corrected chi connectivity index (χ4v) is 8.83.